The Hall–Kier alpha value is -1.66. The number of nitrogens with zero attached hydrogens (tertiary/aromatic N) is 4. The molecule has 5 nitrogen and oxygen atoms in total. The standard InChI is InChI=1S/C12H9BrClN5/c1-7-4-8(13)2-3-9(7)17-11-5-10(14)18-12-15-6-16-19(11)12/h2-6,17H,1H3. The van der Waals surface area contributed by atoms with Crippen molar-refractivity contribution in [2.24, 2.45) is 0 Å². The average molecular weight is 339 g/mol. The number of nitrogens with one attached hydrogen (secondary N) is 1. The van der Waals surface area contributed by atoms with Crippen molar-refractivity contribution in [2.75, 3.05) is 5.32 Å². The quantitative estimate of drug-likeness (QED) is 0.726. The molecular formula is C12H9BrClN5. The summed E-state index contributed by atoms with van der Waals surface area (Å²) in [7, 11) is 0. The number of hydrogen-bond acceptors (Lipinski definition) is 4. The number of benzene rings is 1. The van der Waals surface area contributed by atoms with E-state index in [2.05, 4.69) is 36.3 Å². The number of aromatic nitrogens is 4. The highest BCUT2D eigenvalue weighted by atomic mass is 79.9. The molecule has 1 N–H and O–H groups in total. The van der Waals surface area contributed by atoms with Crippen LogP contribution < -0.4 is 5.32 Å². The molecule has 1 aromatic carbocycles. The van der Waals surface area contributed by atoms with Gasteiger partial charge in [-0.25, -0.2) is 0 Å². The Bertz CT molecular complexity index is 755. The van der Waals surface area contributed by atoms with E-state index in [0.29, 0.717) is 10.9 Å². The molecule has 0 aliphatic rings. The average Bonchev–Trinajstić information content (AvgIpc) is 2.80. The minimum absolute atomic E-state index is 0.373. The van der Waals surface area contributed by atoms with Gasteiger partial charge in [-0.2, -0.15) is 19.6 Å². The molecule has 0 atom stereocenters. The highest BCUT2D eigenvalue weighted by Crippen LogP contribution is 2.24. The van der Waals surface area contributed by atoms with Crippen LogP contribution in [0.4, 0.5) is 11.5 Å². The molecular weight excluding hydrogens is 330 g/mol. The van der Waals surface area contributed by atoms with Crippen LogP contribution in [0.2, 0.25) is 5.15 Å². The number of hydrogen-bond donors (Lipinski definition) is 1. The maximum atomic E-state index is 5.97. The van der Waals surface area contributed by atoms with Gasteiger partial charge in [0.1, 0.15) is 17.3 Å². The molecule has 19 heavy (non-hydrogen) atoms. The maximum Gasteiger partial charge on any atom is 0.255 e. The number of aryl methyl sites for hydroxylation is 1. The monoisotopic (exact) mass is 337 g/mol. The lowest BCUT2D eigenvalue weighted by molar-refractivity contribution is 0.947. The summed E-state index contributed by atoms with van der Waals surface area (Å²) < 4.78 is 2.64. The first-order valence-corrected chi connectivity index (χ1v) is 6.70. The van der Waals surface area contributed by atoms with E-state index in [1.807, 2.05) is 25.1 Å². The molecule has 2 aromatic heterocycles. The summed E-state index contributed by atoms with van der Waals surface area (Å²) in [4.78, 5) is 8.11. The summed E-state index contributed by atoms with van der Waals surface area (Å²) in [5.41, 5.74) is 2.08. The van der Waals surface area contributed by atoms with Crippen LogP contribution in [0.5, 0.6) is 0 Å². The van der Waals surface area contributed by atoms with Crippen LogP contribution in [0.25, 0.3) is 5.78 Å². The number of fused-ring (bicyclic) bond motifs is 1. The lowest BCUT2D eigenvalue weighted by Crippen LogP contribution is -2.02. The molecule has 3 rings (SSSR count). The smallest absolute Gasteiger partial charge is 0.255 e. The SMILES string of the molecule is Cc1cc(Br)ccc1Nc1cc(Cl)nc2ncnn12. The molecule has 0 fully saturated rings. The van der Waals surface area contributed by atoms with Gasteiger partial charge >= 0.3 is 0 Å². The minimum Gasteiger partial charge on any atom is -0.340 e. The molecule has 0 radical (unpaired) electrons. The van der Waals surface area contributed by atoms with Crippen molar-refractivity contribution in [3.05, 3.63) is 45.8 Å². The van der Waals surface area contributed by atoms with Gasteiger partial charge < -0.3 is 5.32 Å². The highest BCUT2D eigenvalue weighted by Gasteiger charge is 2.08. The van der Waals surface area contributed by atoms with Gasteiger partial charge in [-0.15, -0.1) is 0 Å². The van der Waals surface area contributed by atoms with E-state index in [1.165, 1.54) is 6.33 Å². The number of rotatable bonds is 2. The van der Waals surface area contributed by atoms with E-state index in [9.17, 15) is 0 Å². The first-order chi connectivity index (χ1) is 9.13. The van der Waals surface area contributed by atoms with Crippen molar-refractivity contribution in [3.8, 4) is 0 Å². The molecule has 0 bridgehead atoms. The van der Waals surface area contributed by atoms with E-state index in [0.717, 1.165) is 21.5 Å². The Morgan fingerprint density at radius 3 is 2.95 bits per heavy atom. The van der Waals surface area contributed by atoms with E-state index >= 15 is 0 Å². The lowest BCUT2D eigenvalue weighted by Gasteiger charge is -2.11. The normalized spacial score (nSPS) is 10.9. The molecule has 0 aliphatic heterocycles. The van der Waals surface area contributed by atoms with Gasteiger partial charge in [0.05, 0.1) is 0 Å². The third-order valence-electron chi connectivity index (χ3n) is 2.67. The molecule has 3 aromatic rings. The van der Waals surface area contributed by atoms with E-state index < -0.39 is 0 Å². The zero-order valence-corrected chi connectivity index (χ0v) is 12.3. The van der Waals surface area contributed by atoms with Crippen LogP contribution in [0, 0.1) is 6.92 Å². The number of halogens is 2. The fraction of sp³-hybridized carbons (Fsp3) is 0.0833. The summed E-state index contributed by atoms with van der Waals surface area (Å²) in [5.74, 6) is 1.18. The van der Waals surface area contributed by atoms with Crippen LogP contribution >= 0.6 is 27.5 Å². The van der Waals surface area contributed by atoms with Crippen LogP contribution in [0.1, 0.15) is 5.56 Å². The van der Waals surface area contributed by atoms with Crippen LogP contribution in [-0.2, 0) is 0 Å². The van der Waals surface area contributed by atoms with Gasteiger partial charge in [-0.05, 0) is 30.7 Å². The Labute approximate surface area is 122 Å². The molecule has 0 aliphatic carbocycles. The van der Waals surface area contributed by atoms with Gasteiger partial charge in [-0.1, -0.05) is 27.5 Å². The van der Waals surface area contributed by atoms with E-state index in [-0.39, 0.29) is 0 Å². The summed E-state index contributed by atoms with van der Waals surface area (Å²) in [6.07, 6.45) is 1.44. The zero-order chi connectivity index (χ0) is 13.4. The Morgan fingerprint density at radius 1 is 1.32 bits per heavy atom. The lowest BCUT2D eigenvalue weighted by atomic mass is 10.2. The predicted molar refractivity (Wildman–Crippen MR) is 78.0 cm³/mol. The van der Waals surface area contributed by atoms with Crippen LogP contribution in [0.3, 0.4) is 0 Å². The largest absolute Gasteiger partial charge is 0.340 e. The molecule has 0 amide bonds. The number of anilines is 2. The van der Waals surface area contributed by atoms with Crippen molar-refractivity contribution in [1.82, 2.24) is 19.6 Å². The molecule has 0 spiro atoms. The first-order valence-electron chi connectivity index (χ1n) is 5.53. The zero-order valence-electron chi connectivity index (χ0n) is 9.93. The molecule has 0 saturated heterocycles. The molecule has 2 heterocycles. The topological polar surface area (TPSA) is 55.1 Å². The Kier molecular flexibility index (Phi) is 3.12. The van der Waals surface area contributed by atoms with Gasteiger partial charge in [0.15, 0.2) is 0 Å². The maximum absolute atomic E-state index is 5.97. The highest BCUT2D eigenvalue weighted by molar-refractivity contribution is 9.10. The van der Waals surface area contributed by atoms with E-state index in [4.69, 9.17) is 11.6 Å². The molecule has 0 saturated carbocycles. The second-order valence-electron chi connectivity index (χ2n) is 4.02. The molecule has 7 heteroatoms. The summed E-state index contributed by atoms with van der Waals surface area (Å²) in [6.45, 7) is 2.02. The summed E-state index contributed by atoms with van der Waals surface area (Å²) in [6, 6.07) is 7.70. The van der Waals surface area contributed by atoms with Gasteiger partial charge in [-0.3, -0.25) is 0 Å². The van der Waals surface area contributed by atoms with Crippen molar-refractivity contribution in [1.29, 1.82) is 0 Å². The minimum atomic E-state index is 0.373. The second kappa shape index (κ2) is 4.79. The Morgan fingerprint density at radius 2 is 2.16 bits per heavy atom. The van der Waals surface area contributed by atoms with Gasteiger partial charge in [0.25, 0.3) is 5.78 Å². The third-order valence-corrected chi connectivity index (χ3v) is 3.36. The predicted octanol–water partition coefficient (Wildman–Crippen LogP) is 3.59. The fourth-order valence-corrected chi connectivity index (χ4v) is 2.43. The van der Waals surface area contributed by atoms with Crippen LogP contribution in [-0.4, -0.2) is 19.6 Å². The van der Waals surface area contributed by atoms with Gasteiger partial charge in [0, 0.05) is 16.2 Å². The van der Waals surface area contributed by atoms with Gasteiger partial charge in [0.2, 0.25) is 0 Å². The third kappa shape index (κ3) is 2.41. The summed E-state index contributed by atoms with van der Waals surface area (Å²) in [5, 5.41) is 7.77. The fourth-order valence-electron chi connectivity index (χ4n) is 1.78. The molecule has 96 valence electrons. The Balaban J connectivity index is 2.07. The summed E-state index contributed by atoms with van der Waals surface area (Å²) >= 11 is 9.41. The van der Waals surface area contributed by atoms with Crippen molar-refractivity contribution >= 4 is 44.8 Å². The molecule has 0 unspecified atom stereocenters. The first kappa shape index (κ1) is 12.4. The van der Waals surface area contributed by atoms with Crippen molar-refractivity contribution in [3.63, 3.8) is 0 Å². The van der Waals surface area contributed by atoms with Crippen molar-refractivity contribution < 1.29 is 0 Å². The van der Waals surface area contributed by atoms with Crippen molar-refractivity contribution in [2.45, 2.75) is 6.92 Å². The second-order valence-corrected chi connectivity index (χ2v) is 5.32. The van der Waals surface area contributed by atoms with Crippen LogP contribution in [0.15, 0.2) is 35.1 Å². The van der Waals surface area contributed by atoms with E-state index in [1.54, 1.807) is 10.6 Å².